The SMILES string of the molecule is CC1CC(=O)NN=C1c1ccc(OCC(=O)NN)c(Cl)c1. The number of carbonyl (C=O) groups is 2. The van der Waals surface area contributed by atoms with Crippen molar-refractivity contribution in [2.45, 2.75) is 13.3 Å². The van der Waals surface area contributed by atoms with E-state index in [1.165, 1.54) is 0 Å². The first-order valence-electron chi connectivity index (χ1n) is 6.30. The molecule has 0 aromatic heterocycles. The smallest absolute Gasteiger partial charge is 0.271 e. The highest BCUT2D eigenvalue weighted by molar-refractivity contribution is 6.32. The van der Waals surface area contributed by atoms with Crippen molar-refractivity contribution in [1.82, 2.24) is 10.9 Å². The monoisotopic (exact) mass is 310 g/mol. The summed E-state index contributed by atoms with van der Waals surface area (Å²) in [6.07, 6.45) is 0.380. The normalized spacial score (nSPS) is 17.8. The fourth-order valence-corrected chi connectivity index (χ4v) is 2.20. The summed E-state index contributed by atoms with van der Waals surface area (Å²) in [6, 6.07) is 5.10. The van der Waals surface area contributed by atoms with Crippen molar-refractivity contribution in [1.29, 1.82) is 0 Å². The minimum Gasteiger partial charge on any atom is -0.482 e. The van der Waals surface area contributed by atoms with Crippen LogP contribution in [0, 0.1) is 5.92 Å². The van der Waals surface area contributed by atoms with Crippen LogP contribution in [0.2, 0.25) is 5.02 Å². The van der Waals surface area contributed by atoms with Gasteiger partial charge in [-0.05, 0) is 23.8 Å². The number of nitrogens with two attached hydrogens (primary N) is 1. The van der Waals surface area contributed by atoms with Crippen molar-refractivity contribution in [2.24, 2.45) is 16.9 Å². The molecule has 0 aliphatic carbocycles. The van der Waals surface area contributed by atoms with Crippen LogP contribution in [-0.2, 0) is 9.59 Å². The lowest BCUT2D eigenvalue weighted by Gasteiger charge is -2.19. The molecule has 1 aromatic rings. The third kappa shape index (κ3) is 3.71. The molecule has 1 aliphatic heterocycles. The van der Waals surface area contributed by atoms with Gasteiger partial charge in [0.1, 0.15) is 5.75 Å². The number of hydrogen-bond acceptors (Lipinski definition) is 5. The summed E-state index contributed by atoms with van der Waals surface area (Å²) in [4.78, 5) is 22.3. The van der Waals surface area contributed by atoms with Gasteiger partial charge in [0.05, 0.1) is 10.7 Å². The van der Waals surface area contributed by atoms with Crippen LogP contribution in [0.25, 0.3) is 0 Å². The number of nitrogens with one attached hydrogen (secondary N) is 2. The molecule has 112 valence electrons. The van der Waals surface area contributed by atoms with Gasteiger partial charge in [0, 0.05) is 12.3 Å². The molecule has 1 atom stereocenters. The number of halogens is 1. The molecule has 0 spiro atoms. The first kappa shape index (κ1) is 15.3. The van der Waals surface area contributed by atoms with Crippen LogP contribution in [0.1, 0.15) is 18.9 Å². The summed E-state index contributed by atoms with van der Waals surface area (Å²) in [6.45, 7) is 1.70. The Bertz CT molecular complexity index is 603. The number of hydrogen-bond donors (Lipinski definition) is 3. The molecule has 2 amide bonds. The molecule has 0 radical (unpaired) electrons. The zero-order valence-corrected chi connectivity index (χ0v) is 12.1. The van der Waals surface area contributed by atoms with Crippen LogP contribution >= 0.6 is 11.6 Å². The third-order valence-electron chi connectivity index (χ3n) is 3.01. The largest absolute Gasteiger partial charge is 0.482 e. The Morgan fingerprint density at radius 1 is 1.62 bits per heavy atom. The predicted octanol–water partition coefficient (Wildman–Crippen LogP) is 0.569. The Kier molecular flexibility index (Phi) is 4.77. The maximum atomic E-state index is 11.2. The van der Waals surface area contributed by atoms with E-state index in [2.05, 4.69) is 10.5 Å². The summed E-state index contributed by atoms with van der Waals surface area (Å²) < 4.78 is 5.24. The molecule has 1 aliphatic rings. The summed E-state index contributed by atoms with van der Waals surface area (Å²) in [5.74, 6) is 4.77. The van der Waals surface area contributed by atoms with Gasteiger partial charge in [-0.3, -0.25) is 15.0 Å². The Hall–Kier alpha value is -2.12. The van der Waals surface area contributed by atoms with Gasteiger partial charge < -0.3 is 4.74 Å². The maximum Gasteiger partial charge on any atom is 0.271 e. The lowest BCUT2D eigenvalue weighted by Crippen LogP contribution is -2.34. The van der Waals surface area contributed by atoms with E-state index in [0.29, 0.717) is 17.2 Å². The van der Waals surface area contributed by atoms with Crippen LogP contribution in [0.5, 0.6) is 5.75 Å². The summed E-state index contributed by atoms with van der Waals surface area (Å²) in [5, 5.41) is 4.41. The van der Waals surface area contributed by atoms with Gasteiger partial charge in [0.15, 0.2) is 6.61 Å². The van der Waals surface area contributed by atoms with E-state index in [4.69, 9.17) is 22.2 Å². The molecule has 0 saturated carbocycles. The molecule has 0 fully saturated rings. The molecule has 2 rings (SSSR count). The first-order valence-corrected chi connectivity index (χ1v) is 6.67. The Morgan fingerprint density at radius 3 is 3.00 bits per heavy atom. The highest BCUT2D eigenvalue weighted by Crippen LogP contribution is 2.27. The average Bonchev–Trinajstić information content (AvgIpc) is 2.45. The average molecular weight is 311 g/mol. The molecule has 4 N–H and O–H groups in total. The van der Waals surface area contributed by atoms with Gasteiger partial charge in [-0.15, -0.1) is 0 Å². The number of benzene rings is 1. The van der Waals surface area contributed by atoms with E-state index in [1.807, 2.05) is 12.3 Å². The van der Waals surface area contributed by atoms with Crippen molar-refractivity contribution in [2.75, 3.05) is 6.61 Å². The van der Waals surface area contributed by atoms with E-state index >= 15 is 0 Å². The number of amides is 2. The van der Waals surface area contributed by atoms with Gasteiger partial charge >= 0.3 is 0 Å². The summed E-state index contributed by atoms with van der Waals surface area (Å²) in [5.41, 5.74) is 5.96. The third-order valence-corrected chi connectivity index (χ3v) is 3.30. The van der Waals surface area contributed by atoms with Gasteiger partial charge in [-0.1, -0.05) is 18.5 Å². The highest BCUT2D eigenvalue weighted by Gasteiger charge is 2.22. The van der Waals surface area contributed by atoms with Crippen molar-refractivity contribution in [3.63, 3.8) is 0 Å². The quantitative estimate of drug-likeness (QED) is 0.429. The summed E-state index contributed by atoms with van der Waals surface area (Å²) >= 11 is 6.12. The fraction of sp³-hybridized carbons (Fsp3) is 0.308. The number of hydrazone groups is 1. The van der Waals surface area contributed by atoms with Crippen LogP contribution < -0.4 is 21.4 Å². The number of carbonyl (C=O) groups excluding carboxylic acids is 2. The highest BCUT2D eigenvalue weighted by atomic mass is 35.5. The second kappa shape index (κ2) is 6.55. The minimum atomic E-state index is -0.455. The number of rotatable bonds is 4. The van der Waals surface area contributed by atoms with Gasteiger partial charge in [0.25, 0.3) is 5.91 Å². The molecule has 21 heavy (non-hydrogen) atoms. The molecular formula is C13H15ClN4O3. The van der Waals surface area contributed by atoms with Gasteiger partial charge in [-0.25, -0.2) is 11.3 Å². The second-order valence-corrected chi connectivity index (χ2v) is 5.05. The van der Waals surface area contributed by atoms with Gasteiger partial charge in [0.2, 0.25) is 5.91 Å². The summed E-state index contributed by atoms with van der Waals surface area (Å²) in [7, 11) is 0. The Morgan fingerprint density at radius 2 is 2.38 bits per heavy atom. The van der Waals surface area contributed by atoms with Crippen molar-refractivity contribution in [3.05, 3.63) is 28.8 Å². The number of nitrogens with zero attached hydrogens (tertiary/aromatic N) is 1. The molecule has 1 unspecified atom stereocenters. The zero-order chi connectivity index (χ0) is 15.4. The minimum absolute atomic E-state index is 0.00426. The molecule has 1 heterocycles. The van der Waals surface area contributed by atoms with Crippen LogP contribution in [0.4, 0.5) is 0 Å². The predicted molar refractivity (Wildman–Crippen MR) is 77.7 cm³/mol. The molecule has 1 aromatic carbocycles. The Balaban J connectivity index is 2.15. The van der Waals surface area contributed by atoms with E-state index in [-0.39, 0.29) is 18.4 Å². The van der Waals surface area contributed by atoms with Crippen molar-refractivity contribution >= 4 is 29.1 Å². The van der Waals surface area contributed by atoms with E-state index in [0.717, 1.165) is 11.3 Å². The van der Waals surface area contributed by atoms with Crippen LogP contribution in [0.3, 0.4) is 0 Å². The zero-order valence-electron chi connectivity index (χ0n) is 11.4. The maximum absolute atomic E-state index is 11.2. The topological polar surface area (TPSA) is 106 Å². The van der Waals surface area contributed by atoms with Crippen molar-refractivity contribution in [3.8, 4) is 5.75 Å². The molecule has 0 saturated heterocycles. The molecule has 7 nitrogen and oxygen atoms in total. The lowest BCUT2D eigenvalue weighted by molar-refractivity contribution is -0.123. The molecular weight excluding hydrogens is 296 g/mol. The van der Waals surface area contributed by atoms with E-state index in [9.17, 15) is 9.59 Å². The van der Waals surface area contributed by atoms with Crippen LogP contribution in [0.15, 0.2) is 23.3 Å². The second-order valence-electron chi connectivity index (χ2n) is 4.64. The Labute approximate surface area is 126 Å². The standard InChI is InChI=1S/C13H15ClN4O3/c1-7-4-11(19)17-18-13(7)8-2-3-10(9(14)5-8)21-6-12(20)16-15/h2-3,5,7H,4,6,15H2,1H3,(H,16,20)(H,17,19). The van der Waals surface area contributed by atoms with Crippen molar-refractivity contribution < 1.29 is 14.3 Å². The van der Waals surface area contributed by atoms with Gasteiger partial charge in [-0.2, -0.15) is 5.10 Å². The van der Waals surface area contributed by atoms with Crippen LogP contribution in [-0.4, -0.2) is 24.1 Å². The van der Waals surface area contributed by atoms with E-state index in [1.54, 1.807) is 18.2 Å². The number of ether oxygens (including phenoxy) is 1. The lowest BCUT2D eigenvalue weighted by atomic mass is 9.94. The molecule has 8 heteroatoms. The fourth-order valence-electron chi connectivity index (χ4n) is 1.96. The molecule has 0 bridgehead atoms. The van der Waals surface area contributed by atoms with E-state index < -0.39 is 5.91 Å². The number of hydrazine groups is 1. The first-order chi connectivity index (χ1) is 10.0.